The summed E-state index contributed by atoms with van der Waals surface area (Å²) in [5, 5.41) is 2.26. The van der Waals surface area contributed by atoms with Gasteiger partial charge in [0.05, 0.1) is 11.4 Å². The molecule has 152 valence electrons. The molecule has 0 aliphatic rings. The maximum atomic E-state index is 13.1. The molecule has 0 spiro atoms. The zero-order valence-electron chi connectivity index (χ0n) is 17.5. The van der Waals surface area contributed by atoms with Crippen LogP contribution in [0.1, 0.15) is 25.0 Å². The number of benzene rings is 3. The van der Waals surface area contributed by atoms with Crippen LogP contribution in [-0.2, 0) is 10.0 Å². The van der Waals surface area contributed by atoms with Crippen molar-refractivity contribution in [1.82, 2.24) is 4.31 Å². The fourth-order valence-corrected chi connectivity index (χ4v) is 4.24. The summed E-state index contributed by atoms with van der Waals surface area (Å²) in [6, 6.07) is 21.0. The predicted molar refractivity (Wildman–Crippen MR) is 124 cm³/mol. The van der Waals surface area contributed by atoms with Gasteiger partial charge in [0.1, 0.15) is 0 Å². The second-order valence-electron chi connectivity index (χ2n) is 7.32. The van der Waals surface area contributed by atoms with Crippen molar-refractivity contribution in [2.45, 2.75) is 25.7 Å². The first kappa shape index (κ1) is 21.6. The molecule has 0 amide bonds. The van der Waals surface area contributed by atoms with Gasteiger partial charge in [-0.2, -0.15) is 4.31 Å². The van der Waals surface area contributed by atoms with Gasteiger partial charge >= 0.3 is 0 Å². The Balaban J connectivity index is 1.88. The lowest BCUT2D eigenvalue weighted by Crippen LogP contribution is -2.31. The monoisotopic (exact) mass is 415 g/mol. The summed E-state index contributed by atoms with van der Waals surface area (Å²) >= 11 is 0. The van der Waals surface area contributed by atoms with Gasteiger partial charge in [0.25, 0.3) is 0 Å². The van der Waals surface area contributed by atoms with E-state index in [-0.39, 0.29) is 18.0 Å². The molecule has 4 heteroatoms. The van der Waals surface area contributed by atoms with E-state index in [1.54, 1.807) is 30.3 Å². The van der Waals surface area contributed by atoms with Crippen LogP contribution in [0.25, 0.3) is 10.8 Å². The minimum absolute atomic E-state index is 0.101. The average Bonchev–Trinajstić information content (AvgIpc) is 2.72. The van der Waals surface area contributed by atoms with Crippen molar-refractivity contribution >= 4 is 20.8 Å². The summed E-state index contributed by atoms with van der Waals surface area (Å²) in [5.74, 6) is 6.14. The van der Waals surface area contributed by atoms with Crippen LogP contribution in [0.3, 0.4) is 0 Å². The second kappa shape index (κ2) is 9.61. The van der Waals surface area contributed by atoms with Crippen molar-refractivity contribution in [3.63, 3.8) is 0 Å². The zero-order valence-corrected chi connectivity index (χ0v) is 18.3. The van der Waals surface area contributed by atoms with Gasteiger partial charge in [-0.15, -0.1) is 5.73 Å². The molecule has 0 unspecified atom stereocenters. The second-order valence-corrected chi connectivity index (χ2v) is 9.26. The number of aryl methyl sites for hydroxylation is 1. The lowest BCUT2D eigenvalue weighted by atomic mass is 10.1. The van der Waals surface area contributed by atoms with Crippen molar-refractivity contribution in [3.8, 4) is 11.8 Å². The van der Waals surface area contributed by atoms with Crippen LogP contribution in [0.15, 0.2) is 89.0 Å². The summed E-state index contributed by atoms with van der Waals surface area (Å²) in [6.45, 7) is 6.10. The van der Waals surface area contributed by atoms with Gasteiger partial charge in [-0.05, 0) is 67.5 Å². The number of hydrogen-bond acceptors (Lipinski definition) is 2. The maximum absolute atomic E-state index is 13.1. The van der Waals surface area contributed by atoms with E-state index in [1.807, 2.05) is 57.2 Å². The van der Waals surface area contributed by atoms with Crippen LogP contribution in [-0.4, -0.2) is 25.8 Å². The molecule has 0 atom stereocenters. The van der Waals surface area contributed by atoms with Crippen LogP contribution in [0.2, 0.25) is 0 Å². The fourth-order valence-electron chi connectivity index (χ4n) is 2.96. The Morgan fingerprint density at radius 3 is 2.37 bits per heavy atom. The summed E-state index contributed by atoms with van der Waals surface area (Å²) in [7, 11) is -3.65. The molecule has 30 heavy (non-hydrogen) atoms. The number of nitrogens with zero attached hydrogens (tertiary/aromatic N) is 1. The van der Waals surface area contributed by atoms with Crippen molar-refractivity contribution in [1.29, 1.82) is 0 Å². The van der Waals surface area contributed by atoms with Gasteiger partial charge < -0.3 is 0 Å². The Bertz CT molecular complexity index is 1270. The molecule has 3 aromatic rings. The predicted octanol–water partition coefficient (Wildman–Crippen LogP) is 5.31. The largest absolute Gasteiger partial charge is 0.244 e. The van der Waals surface area contributed by atoms with E-state index in [9.17, 15) is 8.42 Å². The summed E-state index contributed by atoms with van der Waals surface area (Å²) < 4.78 is 27.7. The van der Waals surface area contributed by atoms with Crippen molar-refractivity contribution in [2.75, 3.05) is 13.1 Å². The lowest BCUT2D eigenvalue weighted by molar-refractivity contribution is 0.478. The molecule has 0 aliphatic carbocycles. The van der Waals surface area contributed by atoms with Gasteiger partial charge in [0.2, 0.25) is 10.0 Å². The Morgan fingerprint density at radius 1 is 0.967 bits per heavy atom. The van der Waals surface area contributed by atoms with Gasteiger partial charge in [0.15, 0.2) is 0 Å². The van der Waals surface area contributed by atoms with Gasteiger partial charge in [-0.25, -0.2) is 8.42 Å². The van der Waals surface area contributed by atoms with Crippen LogP contribution in [0, 0.1) is 18.8 Å². The minimum Gasteiger partial charge on any atom is -0.207 e. The van der Waals surface area contributed by atoms with Crippen LogP contribution in [0.4, 0.5) is 0 Å². The highest BCUT2D eigenvalue weighted by atomic mass is 32.2. The molecule has 0 aromatic heterocycles. The molecule has 0 aliphatic heterocycles. The number of rotatable bonds is 5. The first-order valence-electron chi connectivity index (χ1n) is 9.79. The quantitative estimate of drug-likeness (QED) is 0.418. The molecule has 0 saturated carbocycles. The van der Waals surface area contributed by atoms with Gasteiger partial charge in [0, 0.05) is 12.1 Å². The van der Waals surface area contributed by atoms with Crippen molar-refractivity contribution in [3.05, 3.63) is 95.2 Å². The van der Waals surface area contributed by atoms with Crippen molar-refractivity contribution in [2.24, 2.45) is 0 Å². The molecule has 3 rings (SSSR count). The van der Waals surface area contributed by atoms with Crippen LogP contribution < -0.4 is 0 Å². The molecule has 0 saturated heterocycles. The molecule has 3 aromatic carbocycles. The van der Waals surface area contributed by atoms with E-state index in [1.165, 1.54) is 4.31 Å². The third-order valence-corrected chi connectivity index (χ3v) is 6.41. The Labute approximate surface area is 179 Å². The zero-order chi connectivity index (χ0) is 21.6. The highest BCUT2D eigenvalue weighted by Crippen LogP contribution is 2.17. The van der Waals surface area contributed by atoms with E-state index < -0.39 is 10.0 Å². The Kier molecular flexibility index (Phi) is 6.92. The average molecular weight is 416 g/mol. The highest BCUT2D eigenvalue weighted by Gasteiger charge is 2.22. The molecular weight excluding hydrogens is 390 g/mol. The number of sulfonamides is 1. The summed E-state index contributed by atoms with van der Waals surface area (Å²) in [6.07, 6.45) is 1.73. The SMILES string of the molecule is CC(C)=C=CCN(CC#Cc1ccc2ccccc2c1)S(=O)(=O)c1ccc(C)cc1. The Hall–Kier alpha value is -3.09. The smallest absolute Gasteiger partial charge is 0.207 e. The molecule has 0 radical (unpaired) electrons. The lowest BCUT2D eigenvalue weighted by Gasteiger charge is -2.18. The first-order chi connectivity index (χ1) is 14.4. The minimum atomic E-state index is -3.65. The molecule has 0 N–H and O–H groups in total. The molecular formula is C26H25NO2S. The number of hydrogen-bond donors (Lipinski definition) is 0. The Morgan fingerprint density at radius 2 is 1.67 bits per heavy atom. The van der Waals surface area contributed by atoms with E-state index in [0.29, 0.717) is 0 Å². The number of fused-ring (bicyclic) bond motifs is 1. The van der Waals surface area contributed by atoms with E-state index in [0.717, 1.165) is 27.5 Å². The van der Waals surface area contributed by atoms with Crippen molar-refractivity contribution < 1.29 is 8.42 Å². The first-order valence-corrected chi connectivity index (χ1v) is 11.2. The maximum Gasteiger partial charge on any atom is 0.244 e. The standard InChI is InChI=1S/C26H25NO2S/c1-21(2)8-6-18-27(30(28,29)26-16-12-22(3)13-17-26)19-7-9-23-14-15-24-10-4-5-11-25(24)20-23/h4-6,10-17,20H,18-19H2,1-3H3. The molecule has 0 bridgehead atoms. The van der Waals surface area contributed by atoms with Crippen LogP contribution in [0.5, 0.6) is 0 Å². The normalized spacial score (nSPS) is 10.9. The van der Waals surface area contributed by atoms with E-state index in [2.05, 4.69) is 23.6 Å². The summed E-state index contributed by atoms with van der Waals surface area (Å²) in [4.78, 5) is 0.270. The third kappa shape index (κ3) is 5.49. The third-order valence-electron chi connectivity index (χ3n) is 4.58. The van der Waals surface area contributed by atoms with E-state index >= 15 is 0 Å². The highest BCUT2D eigenvalue weighted by molar-refractivity contribution is 7.89. The molecule has 0 fully saturated rings. The molecule has 0 heterocycles. The summed E-state index contributed by atoms with van der Waals surface area (Å²) in [5.41, 5.74) is 5.94. The molecule has 3 nitrogen and oxygen atoms in total. The van der Waals surface area contributed by atoms with Gasteiger partial charge in [-0.1, -0.05) is 59.9 Å². The fraction of sp³-hybridized carbons (Fsp3) is 0.192. The van der Waals surface area contributed by atoms with Gasteiger partial charge in [-0.3, -0.25) is 0 Å². The van der Waals surface area contributed by atoms with E-state index in [4.69, 9.17) is 0 Å². The van der Waals surface area contributed by atoms with Crippen LogP contribution >= 0.6 is 0 Å². The topological polar surface area (TPSA) is 37.4 Å².